The Hall–Kier alpha value is -5.87. The molecule has 0 aliphatic heterocycles. The van der Waals surface area contributed by atoms with Gasteiger partial charge in [-0.15, -0.1) is 0 Å². The molecular weight excluding hydrogens is 562 g/mol. The number of hydrogen-bond acceptors (Lipinski definition) is 4. The van der Waals surface area contributed by atoms with E-state index in [2.05, 4.69) is 116 Å². The molecule has 0 saturated carbocycles. The Morgan fingerprint density at radius 2 is 1.15 bits per heavy atom. The SMILES string of the molecule is CC1(C)c2ccccc2-c2ccc(-c3nc(-c4ccc5oc6ccccc6c5c4)cc(-c4ccccc4-c4ccncc4)n3)cc21. The maximum Gasteiger partial charge on any atom is 0.160 e. The van der Waals surface area contributed by atoms with Crippen molar-refractivity contribution in [1.29, 1.82) is 0 Å². The molecule has 0 fully saturated rings. The molecule has 218 valence electrons. The number of hydrogen-bond donors (Lipinski definition) is 0. The Kier molecular flexibility index (Phi) is 5.81. The van der Waals surface area contributed by atoms with Gasteiger partial charge in [0.1, 0.15) is 11.2 Å². The number of benzene rings is 5. The van der Waals surface area contributed by atoms with Crippen molar-refractivity contribution in [3.8, 4) is 56.2 Å². The van der Waals surface area contributed by atoms with E-state index in [9.17, 15) is 0 Å². The quantitative estimate of drug-likeness (QED) is 0.204. The van der Waals surface area contributed by atoms with Crippen molar-refractivity contribution in [2.45, 2.75) is 19.3 Å². The fraction of sp³-hybridized carbons (Fsp3) is 0.0714. The second-order valence-corrected chi connectivity index (χ2v) is 12.5. The number of aromatic nitrogens is 3. The molecule has 3 heterocycles. The molecule has 4 nitrogen and oxygen atoms in total. The van der Waals surface area contributed by atoms with Gasteiger partial charge in [-0.1, -0.05) is 92.7 Å². The molecule has 0 saturated heterocycles. The summed E-state index contributed by atoms with van der Waals surface area (Å²) in [7, 11) is 0. The van der Waals surface area contributed by atoms with Crippen LogP contribution in [0.4, 0.5) is 0 Å². The Morgan fingerprint density at radius 1 is 0.478 bits per heavy atom. The lowest BCUT2D eigenvalue weighted by Gasteiger charge is -2.22. The monoisotopic (exact) mass is 591 g/mol. The van der Waals surface area contributed by atoms with Crippen LogP contribution in [0.1, 0.15) is 25.0 Å². The predicted octanol–water partition coefficient (Wildman–Crippen LogP) is 10.7. The number of furan rings is 1. The van der Waals surface area contributed by atoms with E-state index >= 15 is 0 Å². The van der Waals surface area contributed by atoms with Crippen LogP contribution in [0.3, 0.4) is 0 Å². The van der Waals surface area contributed by atoms with Crippen LogP contribution < -0.4 is 0 Å². The van der Waals surface area contributed by atoms with Crippen LogP contribution in [0.5, 0.6) is 0 Å². The maximum absolute atomic E-state index is 6.15. The lowest BCUT2D eigenvalue weighted by molar-refractivity contribution is 0.660. The number of para-hydroxylation sites is 1. The molecule has 1 aliphatic carbocycles. The summed E-state index contributed by atoms with van der Waals surface area (Å²) in [5.74, 6) is 0.698. The van der Waals surface area contributed by atoms with Crippen LogP contribution in [0, 0.1) is 0 Å². The van der Waals surface area contributed by atoms with Crippen molar-refractivity contribution in [1.82, 2.24) is 15.0 Å². The van der Waals surface area contributed by atoms with Crippen molar-refractivity contribution in [2.75, 3.05) is 0 Å². The average molecular weight is 592 g/mol. The lowest BCUT2D eigenvalue weighted by atomic mass is 9.82. The van der Waals surface area contributed by atoms with Gasteiger partial charge in [-0.3, -0.25) is 4.98 Å². The minimum atomic E-state index is -0.121. The van der Waals surface area contributed by atoms with E-state index in [0.29, 0.717) is 5.82 Å². The highest BCUT2D eigenvalue weighted by molar-refractivity contribution is 6.06. The molecule has 0 unspecified atom stereocenters. The third-order valence-corrected chi connectivity index (χ3v) is 9.43. The zero-order valence-corrected chi connectivity index (χ0v) is 25.5. The summed E-state index contributed by atoms with van der Waals surface area (Å²) >= 11 is 0. The fourth-order valence-electron chi connectivity index (χ4n) is 7.08. The molecule has 8 aromatic rings. The van der Waals surface area contributed by atoms with Gasteiger partial charge in [0.25, 0.3) is 0 Å². The van der Waals surface area contributed by atoms with E-state index in [1.54, 1.807) is 0 Å². The van der Waals surface area contributed by atoms with Crippen molar-refractivity contribution in [3.05, 3.63) is 151 Å². The van der Waals surface area contributed by atoms with Crippen molar-refractivity contribution in [3.63, 3.8) is 0 Å². The third kappa shape index (κ3) is 4.11. The van der Waals surface area contributed by atoms with Gasteiger partial charge in [-0.2, -0.15) is 0 Å². The van der Waals surface area contributed by atoms with Crippen LogP contribution in [0.2, 0.25) is 0 Å². The number of nitrogens with zero attached hydrogens (tertiary/aromatic N) is 3. The number of fused-ring (bicyclic) bond motifs is 6. The van der Waals surface area contributed by atoms with Crippen LogP contribution >= 0.6 is 0 Å². The first-order valence-electron chi connectivity index (χ1n) is 15.6. The molecule has 0 atom stereocenters. The summed E-state index contributed by atoms with van der Waals surface area (Å²) in [6, 6.07) is 44.5. The van der Waals surface area contributed by atoms with Crippen LogP contribution in [0.25, 0.3) is 78.1 Å². The van der Waals surface area contributed by atoms with Crippen LogP contribution in [-0.2, 0) is 5.41 Å². The van der Waals surface area contributed by atoms with E-state index in [1.807, 2.05) is 42.7 Å². The van der Waals surface area contributed by atoms with E-state index in [0.717, 1.165) is 61.1 Å². The standard InChI is InChI=1S/C42H29N3O/c1-42(2)35-13-7-5-10-30(35)31-17-15-28(24-36(31)42)41-44-37(27-16-18-40-34(23-27)33-12-6-8-14-39(33)46-40)25-38(45-41)32-11-4-3-9-29(32)26-19-21-43-22-20-26/h3-25H,1-2H3. The second-order valence-electron chi connectivity index (χ2n) is 12.5. The molecule has 0 bridgehead atoms. The molecule has 3 aromatic heterocycles. The summed E-state index contributed by atoms with van der Waals surface area (Å²) in [5, 5.41) is 2.17. The topological polar surface area (TPSA) is 51.8 Å². The second kappa shape index (κ2) is 10.1. The van der Waals surface area contributed by atoms with Gasteiger partial charge in [0.15, 0.2) is 5.82 Å². The maximum atomic E-state index is 6.15. The first-order chi connectivity index (χ1) is 22.5. The highest BCUT2D eigenvalue weighted by Gasteiger charge is 2.35. The third-order valence-electron chi connectivity index (χ3n) is 9.43. The molecule has 0 N–H and O–H groups in total. The van der Waals surface area contributed by atoms with Crippen molar-refractivity contribution >= 4 is 21.9 Å². The summed E-state index contributed by atoms with van der Waals surface area (Å²) in [4.78, 5) is 14.8. The van der Waals surface area contributed by atoms with E-state index in [-0.39, 0.29) is 5.41 Å². The van der Waals surface area contributed by atoms with Crippen LogP contribution in [-0.4, -0.2) is 15.0 Å². The van der Waals surface area contributed by atoms with E-state index in [1.165, 1.54) is 22.3 Å². The normalized spacial score (nSPS) is 13.2. The van der Waals surface area contributed by atoms with Gasteiger partial charge in [0.2, 0.25) is 0 Å². The first kappa shape index (κ1) is 26.5. The molecule has 0 spiro atoms. The Labute approximate surface area is 267 Å². The van der Waals surface area contributed by atoms with Crippen LogP contribution in [0.15, 0.2) is 144 Å². The molecule has 0 amide bonds. The van der Waals surface area contributed by atoms with Gasteiger partial charge in [-0.05, 0) is 81.9 Å². The summed E-state index contributed by atoms with van der Waals surface area (Å²) in [6.45, 7) is 4.61. The van der Waals surface area contributed by atoms with Gasteiger partial charge in [-0.25, -0.2) is 9.97 Å². The highest BCUT2D eigenvalue weighted by Crippen LogP contribution is 2.49. The first-order valence-corrected chi connectivity index (χ1v) is 15.6. The Morgan fingerprint density at radius 3 is 2.02 bits per heavy atom. The molecule has 0 radical (unpaired) electrons. The smallest absolute Gasteiger partial charge is 0.160 e. The zero-order valence-electron chi connectivity index (χ0n) is 25.5. The summed E-state index contributed by atoms with van der Waals surface area (Å²) in [5.41, 5.74) is 13.8. The molecule has 5 aromatic carbocycles. The number of rotatable bonds is 4. The van der Waals surface area contributed by atoms with Gasteiger partial charge >= 0.3 is 0 Å². The van der Waals surface area contributed by atoms with E-state index < -0.39 is 0 Å². The largest absolute Gasteiger partial charge is 0.456 e. The molecular formula is C42H29N3O. The number of pyridine rings is 1. The van der Waals surface area contributed by atoms with Crippen molar-refractivity contribution < 1.29 is 4.42 Å². The van der Waals surface area contributed by atoms with Gasteiger partial charge in [0, 0.05) is 45.3 Å². The summed E-state index contributed by atoms with van der Waals surface area (Å²) in [6.07, 6.45) is 3.66. The molecule has 46 heavy (non-hydrogen) atoms. The van der Waals surface area contributed by atoms with E-state index in [4.69, 9.17) is 14.4 Å². The van der Waals surface area contributed by atoms with Gasteiger partial charge in [0.05, 0.1) is 11.4 Å². The minimum Gasteiger partial charge on any atom is -0.456 e. The molecule has 1 aliphatic rings. The Bertz CT molecular complexity index is 2460. The zero-order chi connectivity index (χ0) is 30.8. The lowest BCUT2D eigenvalue weighted by Crippen LogP contribution is -2.15. The summed E-state index contributed by atoms with van der Waals surface area (Å²) < 4.78 is 6.15. The predicted molar refractivity (Wildman–Crippen MR) is 186 cm³/mol. The highest BCUT2D eigenvalue weighted by atomic mass is 16.3. The average Bonchev–Trinajstić information content (AvgIpc) is 3.60. The van der Waals surface area contributed by atoms with Gasteiger partial charge < -0.3 is 4.42 Å². The minimum absolute atomic E-state index is 0.121. The molecule has 9 rings (SSSR count). The molecule has 4 heteroatoms. The fourth-order valence-corrected chi connectivity index (χ4v) is 7.08. The Balaban J connectivity index is 1.27. The van der Waals surface area contributed by atoms with Crippen molar-refractivity contribution in [2.24, 2.45) is 0 Å².